The number of rotatable bonds is 9. The Hall–Kier alpha value is -4.05. The van der Waals surface area contributed by atoms with Crippen molar-refractivity contribution in [2.75, 3.05) is 17.7 Å². The van der Waals surface area contributed by atoms with Crippen molar-refractivity contribution in [3.05, 3.63) is 72.5 Å². The van der Waals surface area contributed by atoms with Crippen molar-refractivity contribution >= 4 is 29.3 Å². The maximum atomic E-state index is 12.5. The zero-order valence-corrected chi connectivity index (χ0v) is 18.5. The number of primary amides is 1. The minimum atomic E-state index is -0.524. The highest BCUT2D eigenvalue weighted by molar-refractivity contribution is 7.99. The molecule has 0 aliphatic rings. The number of carbonyl (C=O) groups excluding carboxylic acids is 2. The van der Waals surface area contributed by atoms with E-state index in [4.69, 9.17) is 14.9 Å². The largest absolute Gasteiger partial charge is 0.494 e. The fourth-order valence-corrected chi connectivity index (χ4v) is 3.82. The number of carbonyl (C=O) groups is 2. The molecule has 0 aliphatic carbocycles. The summed E-state index contributed by atoms with van der Waals surface area (Å²) in [5.41, 5.74) is 6.98. The molecule has 168 valence electrons. The number of aromatic nitrogens is 3. The number of furan rings is 1. The van der Waals surface area contributed by atoms with Gasteiger partial charge in [0.1, 0.15) is 5.75 Å². The number of amides is 2. The molecule has 0 saturated heterocycles. The highest BCUT2D eigenvalue weighted by atomic mass is 32.2. The minimum absolute atomic E-state index is 0.102. The highest BCUT2D eigenvalue weighted by Gasteiger charge is 2.19. The van der Waals surface area contributed by atoms with Crippen LogP contribution in [-0.4, -0.2) is 38.9 Å². The Kier molecular flexibility index (Phi) is 6.75. The summed E-state index contributed by atoms with van der Waals surface area (Å²) in [5.74, 6) is 1.18. The molecule has 0 aliphatic heterocycles. The average molecular weight is 464 g/mol. The van der Waals surface area contributed by atoms with Gasteiger partial charge in [0.2, 0.25) is 17.6 Å². The van der Waals surface area contributed by atoms with E-state index < -0.39 is 5.91 Å². The molecule has 9 nitrogen and oxygen atoms in total. The third kappa shape index (κ3) is 5.24. The number of hydrogen-bond donors (Lipinski definition) is 2. The van der Waals surface area contributed by atoms with E-state index in [0.29, 0.717) is 34.6 Å². The standard InChI is InChI=1S/C23H21N5O4S/c1-2-31-18-11-9-17(10-12-18)28-22(19-4-3-13-32-19)26-27-23(28)33-14-20(29)25-16-7-5-15(6-8-16)21(24)30/h3-13H,2,14H2,1H3,(H2,24,30)(H,25,29). The van der Waals surface area contributed by atoms with Crippen molar-refractivity contribution in [1.29, 1.82) is 0 Å². The van der Waals surface area contributed by atoms with Gasteiger partial charge in [-0.1, -0.05) is 11.8 Å². The van der Waals surface area contributed by atoms with E-state index in [1.165, 1.54) is 11.8 Å². The molecule has 0 bridgehead atoms. The Balaban J connectivity index is 1.52. The number of nitrogens with one attached hydrogen (secondary N) is 1. The molecule has 2 aromatic heterocycles. The molecule has 0 saturated carbocycles. The zero-order valence-electron chi connectivity index (χ0n) is 17.7. The molecule has 0 unspecified atom stereocenters. The van der Waals surface area contributed by atoms with E-state index in [1.807, 2.05) is 35.8 Å². The molecule has 33 heavy (non-hydrogen) atoms. The van der Waals surface area contributed by atoms with E-state index >= 15 is 0 Å². The molecule has 0 spiro atoms. The molecule has 10 heteroatoms. The van der Waals surface area contributed by atoms with Gasteiger partial charge in [-0.3, -0.25) is 14.2 Å². The van der Waals surface area contributed by atoms with Gasteiger partial charge in [0.25, 0.3) is 0 Å². The molecule has 4 rings (SSSR count). The van der Waals surface area contributed by atoms with Crippen molar-refractivity contribution in [1.82, 2.24) is 14.8 Å². The lowest BCUT2D eigenvalue weighted by molar-refractivity contribution is -0.113. The van der Waals surface area contributed by atoms with Crippen molar-refractivity contribution in [2.45, 2.75) is 12.1 Å². The van der Waals surface area contributed by atoms with Gasteiger partial charge in [0.15, 0.2) is 10.9 Å². The van der Waals surface area contributed by atoms with Crippen molar-refractivity contribution in [2.24, 2.45) is 5.73 Å². The lowest BCUT2D eigenvalue weighted by Crippen LogP contribution is -2.15. The summed E-state index contributed by atoms with van der Waals surface area (Å²) in [6.45, 7) is 2.50. The number of hydrogen-bond acceptors (Lipinski definition) is 7. The summed E-state index contributed by atoms with van der Waals surface area (Å²) in [6, 6.07) is 17.5. The predicted molar refractivity (Wildman–Crippen MR) is 125 cm³/mol. The summed E-state index contributed by atoms with van der Waals surface area (Å²) in [5, 5.41) is 11.9. The van der Waals surface area contributed by atoms with Crippen LogP contribution < -0.4 is 15.8 Å². The van der Waals surface area contributed by atoms with E-state index in [9.17, 15) is 9.59 Å². The first-order chi connectivity index (χ1) is 16.0. The first-order valence-electron chi connectivity index (χ1n) is 10.1. The molecule has 0 atom stereocenters. The predicted octanol–water partition coefficient (Wildman–Crippen LogP) is 3.76. The fourth-order valence-electron chi connectivity index (χ4n) is 3.06. The lowest BCUT2D eigenvalue weighted by atomic mass is 10.2. The molecular weight excluding hydrogens is 442 g/mol. The fraction of sp³-hybridized carbons (Fsp3) is 0.130. The molecule has 4 aromatic rings. The van der Waals surface area contributed by atoms with Gasteiger partial charge < -0.3 is 20.2 Å². The van der Waals surface area contributed by atoms with Crippen LogP contribution >= 0.6 is 11.8 Å². The first-order valence-corrected chi connectivity index (χ1v) is 11.1. The number of nitrogens with zero attached hydrogens (tertiary/aromatic N) is 3. The number of thioether (sulfide) groups is 1. The van der Waals surface area contributed by atoms with Crippen LogP contribution in [0.5, 0.6) is 5.75 Å². The quantitative estimate of drug-likeness (QED) is 0.362. The molecule has 2 heterocycles. The number of benzene rings is 2. The summed E-state index contributed by atoms with van der Waals surface area (Å²) in [6.07, 6.45) is 1.57. The SMILES string of the molecule is CCOc1ccc(-n2c(SCC(=O)Nc3ccc(C(N)=O)cc3)nnc2-c2ccco2)cc1. The summed E-state index contributed by atoms with van der Waals surface area (Å²) in [4.78, 5) is 23.7. The second-order valence-corrected chi connectivity index (χ2v) is 7.77. The van der Waals surface area contributed by atoms with Crippen LogP contribution in [0.2, 0.25) is 0 Å². The highest BCUT2D eigenvalue weighted by Crippen LogP contribution is 2.29. The molecule has 2 aromatic carbocycles. The summed E-state index contributed by atoms with van der Waals surface area (Å²) in [7, 11) is 0. The second-order valence-electron chi connectivity index (χ2n) is 6.82. The zero-order chi connectivity index (χ0) is 23.2. The monoisotopic (exact) mass is 463 g/mol. The Bertz CT molecular complexity index is 1240. The van der Waals surface area contributed by atoms with Gasteiger partial charge in [0, 0.05) is 11.3 Å². The van der Waals surface area contributed by atoms with E-state index in [1.54, 1.807) is 42.7 Å². The maximum absolute atomic E-state index is 12.5. The summed E-state index contributed by atoms with van der Waals surface area (Å²) < 4.78 is 12.9. The third-order valence-corrected chi connectivity index (χ3v) is 5.50. The molecule has 0 fully saturated rings. The smallest absolute Gasteiger partial charge is 0.248 e. The van der Waals surface area contributed by atoms with Crippen LogP contribution in [-0.2, 0) is 4.79 Å². The van der Waals surface area contributed by atoms with Crippen LogP contribution in [0.3, 0.4) is 0 Å². The van der Waals surface area contributed by atoms with E-state index in [0.717, 1.165) is 11.4 Å². The van der Waals surface area contributed by atoms with Crippen molar-refractivity contribution in [3.8, 4) is 23.0 Å². The van der Waals surface area contributed by atoms with Gasteiger partial charge >= 0.3 is 0 Å². The second kappa shape index (κ2) is 10.0. The summed E-state index contributed by atoms with van der Waals surface area (Å²) >= 11 is 1.24. The molecule has 0 radical (unpaired) electrons. The van der Waals surface area contributed by atoms with Crippen LogP contribution in [0.15, 0.2) is 76.5 Å². The Morgan fingerprint density at radius 3 is 2.48 bits per heavy atom. The van der Waals surface area contributed by atoms with E-state index in [2.05, 4.69) is 15.5 Å². The Morgan fingerprint density at radius 1 is 1.09 bits per heavy atom. The van der Waals surface area contributed by atoms with Gasteiger partial charge in [-0.25, -0.2) is 0 Å². The first kappa shape index (κ1) is 22.2. The number of anilines is 1. The van der Waals surface area contributed by atoms with Crippen molar-refractivity contribution < 1.29 is 18.7 Å². The van der Waals surface area contributed by atoms with Gasteiger partial charge in [-0.15, -0.1) is 10.2 Å². The molecule has 2 amide bonds. The van der Waals surface area contributed by atoms with Crippen LogP contribution in [0.25, 0.3) is 17.3 Å². The van der Waals surface area contributed by atoms with Gasteiger partial charge in [-0.05, 0) is 67.6 Å². The minimum Gasteiger partial charge on any atom is -0.494 e. The van der Waals surface area contributed by atoms with Crippen molar-refractivity contribution in [3.63, 3.8) is 0 Å². The Labute approximate surface area is 193 Å². The molecule has 3 N–H and O–H groups in total. The Morgan fingerprint density at radius 2 is 1.85 bits per heavy atom. The van der Waals surface area contributed by atoms with Gasteiger partial charge in [-0.2, -0.15) is 0 Å². The lowest BCUT2D eigenvalue weighted by Gasteiger charge is -2.11. The van der Waals surface area contributed by atoms with Crippen LogP contribution in [0.1, 0.15) is 17.3 Å². The molecular formula is C23H21N5O4S. The third-order valence-electron chi connectivity index (χ3n) is 4.57. The average Bonchev–Trinajstić information content (AvgIpc) is 3.49. The van der Waals surface area contributed by atoms with Gasteiger partial charge in [0.05, 0.1) is 24.3 Å². The topological polar surface area (TPSA) is 125 Å². The maximum Gasteiger partial charge on any atom is 0.248 e. The van der Waals surface area contributed by atoms with Crippen LogP contribution in [0.4, 0.5) is 5.69 Å². The van der Waals surface area contributed by atoms with E-state index in [-0.39, 0.29) is 11.7 Å². The van der Waals surface area contributed by atoms with Crippen LogP contribution in [0, 0.1) is 0 Å². The number of ether oxygens (including phenoxy) is 1. The number of nitrogens with two attached hydrogens (primary N) is 1. The normalized spacial score (nSPS) is 10.7.